The third-order valence-corrected chi connectivity index (χ3v) is 9.46. The van der Waals surface area contributed by atoms with Crippen LogP contribution in [0, 0.1) is 29.1 Å². The molecule has 0 aliphatic carbocycles. The molecule has 206 valence electrons. The van der Waals surface area contributed by atoms with Gasteiger partial charge in [-0.2, -0.15) is 5.26 Å². The van der Waals surface area contributed by atoms with Crippen LogP contribution < -0.4 is 0 Å². The molecule has 9 nitrogen and oxygen atoms in total. The molecule has 3 aromatic rings. The number of fused-ring (bicyclic) bond motifs is 1. The van der Waals surface area contributed by atoms with E-state index in [-0.39, 0.29) is 16.7 Å². The zero-order valence-corrected chi connectivity index (χ0v) is 23.1. The first-order chi connectivity index (χ1) is 18.8. The summed E-state index contributed by atoms with van der Waals surface area (Å²) in [6.45, 7) is 2.96. The van der Waals surface area contributed by atoms with Gasteiger partial charge in [-0.3, -0.25) is 14.5 Å². The third kappa shape index (κ3) is 5.42. The summed E-state index contributed by atoms with van der Waals surface area (Å²) in [4.78, 5) is 27.3. The van der Waals surface area contributed by atoms with Crippen molar-refractivity contribution in [3.63, 3.8) is 0 Å². The van der Waals surface area contributed by atoms with Crippen molar-refractivity contribution >= 4 is 32.9 Å². The first-order valence-corrected chi connectivity index (χ1v) is 14.4. The molecule has 39 heavy (non-hydrogen) atoms. The van der Waals surface area contributed by atoms with E-state index in [0.29, 0.717) is 37.9 Å². The SMILES string of the molecule is CC[C@@H]1[C@H](C(C(=O)OC)C(=O)OC)CCN(CCc2cn(S(=O)(=O)c3ccccc3)c3ccccc23)[C@H]1C#N. The van der Waals surface area contributed by atoms with Gasteiger partial charge in [-0.25, -0.2) is 12.4 Å². The van der Waals surface area contributed by atoms with Crippen molar-refractivity contribution in [2.75, 3.05) is 27.3 Å². The molecule has 1 fully saturated rings. The molecule has 0 saturated carbocycles. The highest BCUT2D eigenvalue weighted by atomic mass is 32.2. The van der Waals surface area contributed by atoms with Gasteiger partial charge in [-0.15, -0.1) is 0 Å². The lowest BCUT2D eigenvalue weighted by Gasteiger charge is -2.43. The Hall–Kier alpha value is -3.68. The number of rotatable bonds is 9. The number of aromatic nitrogens is 1. The maximum Gasteiger partial charge on any atom is 0.320 e. The van der Waals surface area contributed by atoms with Crippen molar-refractivity contribution in [1.82, 2.24) is 8.87 Å². The number of esters is 2. The quantitative estimate of drug-likeness (QED) is 0.292. The highest BCUT2D eigenvalue weighted by Gasteiger charge is 2.47. The number of nitriles is 1. The molecule has 4 rings (SSSR count). The van der Waals surface area contributed by atoms with Crippen molar-refractivity contribution in [3.05, 3.63) is 66.4 Å². The van der Waals surface area contributed by atoms with Crippen LogP contribution in [0.5, 0.6) is 0 Å². The van der Waals surface area contributed by atoms with E-state index in [1.807, 2.05) is 25.1 Å². The molecular formula is C29H33N3O6S. The number of carbonyl (C=O) groups excluding carboxylic acids is 2. The van der Waals surface area contributed by atoms with Gasteiger partial charge in [-0.1, -0.05) is 49.7 Å². The number of piperidine rings is 1. The van der Waals surface area contributed by atoms with Gasteiger partial charge in [-0.05, 0) is 55.0 Å². The summed E-state index contributed by atoms with van der Waals surface area (Å²) in [6, 6.07) is 17.6. The number of ether oxygens (including phenoxy) is 2. The number of carbonyl (C=O) groups is 2. The number of hydrogen-bond acceptors (Lipinski definition) is 8. The molecule has 10 heteroatoms. The van der Waals surface area contributed by atoms with Crippen LogP contribution in [0.1, 0.15) is 25.3 Å². The Morgan fingerprint density at radius 1 is 1.05 bits per heavy atom. The molecule has 0 amide bonds. The summed E-state index contributed by atoms with van der Waals surface area (Å²) in [6.07, 6.45) is 3.31. The van der Waals surface area contributed by atoms with E-state index in [0.717, 1.165) is 10.9 Å². The Balaban J connectivity index is 1.60. The lowest BCUT2D eigenvalue weighted by atomic mass is 9.71. The smallest absolute Gasteiger partial charge is 0.320 e. The molecule has 0 radical (unpaired) electrons. The van der Waals surface area contributed by atoms with Crippen molar-refractivity contribution in [2.24, 2.45) is 17.8 Å². The highest BCUT2D eigenvalue weighted by molar-refractivity contribution is 7.90. The van der Waals surface area contributed by atoms with E-state index in [2.05, 4.69) is 11.0 Å². The standard InChI is InChI=1S/C29H33N3O6S/c1-4-22-24(27(28(33)37-2)29(34)38-3)15-17-31(26(22)18-30)16-14-20-19-32(25-13-9-8-12-23(20)25)39(35,36)21-10-6-5-7-11-21/h5-13,19,22,24,26-27H,4,14-17H2,1-3H3/t22-,24-,26+/m1/s1. The molecule has 1 aliphatic rings. The molecule has 2 aromatic carbocycles. The van der Waals surface area contributed by atoms with E-state index in [1.165, 1.54) is 18.2 Å². The number of nitrogens with zero attached hydrogens (tertiary/aromatic N) is 3. The van der Waals surface area contributed by atoms with E-state index >= 15 is 0 Å². The molecule has 1 aromatic heterocycles. The topological polar surface area (TPSA) is 119 Å². The maximum atomic E-state index is 13.4. The number of hydrogen-bond donors (Lipinski definition) is 0. The highest BCUT2D eigenvalue weighted by Crippen LogP contribution is 2.38. The first kappa shape index (κ1) is 28.3. The van der Waals surface area contributed by atoms with Crippen molar-refractivity contribution < 1.29 is 27.5 Å². The number of methoxy groups -OCH3 is 2. The van der Waals surface area contributed by atoms with Crippen LogP contribution >= 0.6 is 0 Å². The minimum atomic E-state index is -3.79. The zero-order chi connectivity index (χ0) is 28.2. The largest absolute Gasteiger partial charge is 0.468 e. The molecule has 2 heterocycles. The fraction of sp³-hybridized carbons (Fsp3) is 0.414. The summed E-state index contributed by atoms with van der Waals surface area (Å²) < 4.78 is 38.0. The third-order valence-electron chi connectivity index (χ3n) is 7.77. The van der Waals surface area contributed by atoms with Gasteiger partial charge in [0.1, 0.15) is 6.04 Å². The van der Waals surface area contributed by atoms with E-state index in [4.69, 9.17) is 9.47 Å². The van der Waals surface area contributed by atoms with E-state index < -0.39 is 33.9 Å². The Morgan fingerprint density at radius 2 is 1.69 bits per heavy atom. The van der Waals surface area contributed by atoms with Crippen molar-refractivity contribution in [1.29, 1.82) is 5.26 Å². The lowest BCUT2D eigenvalue weighted by molar-refractivity contribution is -0.164. The summed E-state index contributed by atoms with van der Waals surface area (Å²) in [5.41, 5.74) is 1.45. The molecule has 0 spiro atoms. The van der Waals surface area contributed by atoms with E-state index in [1.54, 1.807) is 42.6 Å². The Morgan fingerprint density at radius 3 is 2.31 bits per heavy atom. The summed E-state index contributed by atoms with van der Waals surface area (Å²) in [7, 11) is -1.31. The fourth-order valence-electron chi connectivity index (χ4n) is 5.83. The molecule has 0 N–H and O–H groups in total. The summed E-state index contributed by atoms with van der Waals surface area (Å²) >= 11 is 0. The zero-order valence-electron chi connectivity index (χ0n) is 22.3. The van der Waals surface area contributed by atoms with Gasteiger partial charge in [0, 0.05) is 18.1 Å². The lowest BCUT2D eigenvalue weighted by Crippen LogP contribution is -2.52. The van der Waals surface area contributed by atoms with Crippen LogP contribution in [0.3, 0.4) is 0 Å². The summed E-state index contributed by atoms with van der Waals surface area (Å²) in [5, 5.41) is 11.0. The van der Waals surface area contributed by atoms with Gasteiger partial charge in [0.05, 0.1) is 30.7 Å². The van der Waals surface area contributed by atoms with Gasteiger partial charge < -0.3 is 9.47 Å². The normalized spacial score (nSPS) is 20.0. The molecular weight excluding hydrogens is 518 g/mol. The van der Waals surface area contributed by atoms with Crippen LogP contribution in [-0.4, -0.2) is 62.6 Å². The second kappa shape index (κ2) is 12.0. The number of para-hydroxylation sites is 1. The van der Waals surface area contributed by atoms with E-state index in [9.17, 15) is 23.3 Å². The second-order valence-corrected chi connectivity index (χ2v) is 11.5. The second-order valence-electron chi connectivity index (χ2n) is 9.69. The fourth-order valence-corrected chi connectivity index (χ4v) is 7.24. The van der Waals surface area contributed by atoms with Gasteiger partial charge >= 0.3 is 11.9 Å². The molecule has 1 aliphatic heterocycles. The number of likely N-dealkylation sites (tertiary alicyclic amines) is 1. The van der Waals surface area contributed by atoms with Gasteiger partial charge in [0.15, 0.2) is 5.92 Å². The van der Waals surface area contributed by atoms with Gasteiger partial charge in [0.25, 0.3) is 10.0 Å². The van der Waals surface area contributed by atoms with Crippen molar-refractivity contribution in [3.8, 4) is 6.07 Å². The minimum absolute atomic E-state index is 0.209. The molecule has 0 unspecified atom stereocenters. The predicted molar refractivity (Wildman–Crippen MR) is 145 cm³/mol. The average molecular weight is 552 g/mol. The van der Waals surface area contributed by atoms with Gasteiger partial charge in [0.2, 0.25) is 0 Å². The average Bonchev–Trinajstić information content (AvgIpc) is 3.35. The first-order valence-electron chi connectivity index (χ1n) is 13.0. The molecule has 3 atom stereocenters. The van der Waals surface area contributed by atoms with Crippen LogP contribution in [0.2, 0.25) is 0 Å². The van der Waals surface area contributed by atoms with Crippen LogP contribution in [-0.2, 0) is 35.5 Å². The van der Waals surface area contributed by atoms with Crippen LogP contribution in [0.25, 0.3) is 10.9 Å². The van der Waals surface area contributed by atoms with Crippen LogP contribution in [0.15, 0.2) is 65.7 Å². The predicted octanol–water partition coefficient (Wildman–Crippen LogP) is 3.62. The summed E-state index contributed by atoms with van der Waals surface area (Å²) in [5.74, 6) is -3.00. The van der Waals surface area contributed by atoms with Crippen molar-refractivity contribution in [2.45, 2.75) is 37.1 Å². The number of benzene rings is 2. The Kier molecular flexibility index (Phi) is 8.73. The maximum absolute atomic E-state index is 13.4. The van der Waals surface area contributed by atoms with Crippen LogP contribution in [0.4, 0.5) is 0 Å². The molecule has 1 saturated heterocycles. The minimum Gasteiger partial charge on any atom is -0.468 e. The molecule has 0 bridgehead atoms. The monoisotopic (exact) mass is 551 g/mol. The Labute approximate surface area is 229 Å². The Bertz CT molecular complexity index is 1460.